The minimum Gasteiger partial charge on any atom is -0.492 e. The van der Waals surface area contributed by atoms with Gasteiger partial charge in [-0.2, -0.15) is 0 Å². The molecule has 0 N–H and O–H groups in total. The minimum absolute atomic E-state index is 0.428. The van der Waals surface area contributed by atoms with Crippen molar-refractivity contribution < 1.29 is 9.15 Å². The normalized spacial score (nSPS) is 9.00. The molecular formula is C6H7NO2. The van der Waals surface area contributed by atoms with Crippen LogP contribution in [0.25, 0.3) is 5.76 Å². The van der Waals surface area contributed by atoms with E-state index < -0.39 is 0 Å². The van der Waals surface area contributed by atoms with Crippen LogP contribution in [0.4, 0.5) is 0 Å². The molecule has 0 fully saturated rings. The Bertz CT molecular complexity index is 191. The summed E-state index contributed by atoms with van der Waals surface area (Å²) in [6.07, 6.45) is 3.01. The van der Waals surface area contributed by atoms with Gasteiger partial charge in [0.15, 0.2) is 5.76 Å². The Hall–Kier alpha value is -1.25. The number of rotatable bonds is 2. The van der Waals surface area contributed by atoms with Crippen molar-refractivity contribution in [2.24, 2.45) is 0 Å². The van der Waals surface area contributed by atoms with Crippen LogP contribution in [0.5, 0.6) is 0 Å². The maximum Gasteiger partial charge on any atom is 0.261 e. The predicted molar refractivity (Wildman–Crippen MR) is 32.5 cm³/mol. The molecule has 0 spiro atoms. The molecule has 1 aromatic heterocycles. The second kappa shape index (κ2) is 2.35. The van der Waals surface area contributed by atoms with E-state index in [2.05, 4.69) is 11.6 Å². The number of methoxy groups -OCH3 is 1. The lowest BCUT2D eigenvalue weighted by Gasteiger charge is -1.94. The molecule has 0 saturated carbocycles. The number of hydrogen-bond acceptors (Lipinski definition) is 3. The lowest BCUT2D eigenvalue weighted by atomic mass is 10.6. The van der Waals surface area contributed by atoms with Crippen molar-refractivity contribution in [3.63, 3.8) is 0 Å². The lowest BCUT2D eigenvalue weighted by molar-refractivity contribution is 0.349. The summed E-state index contributed by atoms with van der Waals surface area (Å²) in [6.45, 7) is 3.54. The lowest BCUT2D eigenvalue weighted by Crippen LogP contribution is -1.82. The Morgan fingerprint density at radius 1 is 1.89 bits per heavy atom. The van der Waals surface area contributed by atoms with Crippen molar-refractivity contribution in [1.82, 2.24) is 4.98 Å². The van der Waals surface area contributed by atoms with E-state index in [1.165, 1.54) is 13.4 Å². The second-order valence-electron chi connectivity index (χ2n) is 1.46. The highest BCUT2D eigenvalue weighted by Gasteiger charge is 1.99. The molecule has 0 aliphatic carbocycles. The van der Waals surface area contributed by atoms with Gasteiger partial charge in [-0.15, -0.1) is 0 Å². The molecule has 3 nitrogen and oxygen atoms in total. The minimum atomic E-state index is 0.428. The molecule has 0 saturated heterocycles. The van der Waals surface area contributed by atoms with Crippen LogP contribution in [0.15, 0.2) is 23.5 Å². The molecule has 0 amide bonds. The van der Waals surface area contributed by atoms with Crippen molar-refractivity contribution in [3.05, 3.63) is 24.9 Å². The average Bonchev–Trinajstić information content (AvgIpc) is 2.37. The van der Waals surface area contributed by atoms with Gasteiger partial charge in [-0.25, -0.2) is 4.98 Å². The SMILES string of the molecule is C=C(OC)c1ncco1. The van der Waals surface area contributed by atoms with Crippen molar-refractivity contribution >= 4 is 5.76 Å². The average molecular weight is 125 g/mol. The molecule has 0 aromatic carbocycles. The molecule has 0 radical (unpaired) electrons. The summed E-state index contributed by atoms with van der Waals surface area (Å²) in [4.78, 5) is 3.80. The van der Waals surface area contributed by atoms with Gasteiger partial charge in [-0.3, -0.25) is 0 Å². The first-order valence-corrected chi connectivity index (χ1v) is 2.47. The third-order valence-corrected chi connectivity index (χ3v) is 0.917. The van der Waals surface area contributed by atoms with E-state index in [1.54, 1.807) is 6.20 Å². The van der Waals surface area contributed by atoms with Gasteiger partial charge in [-0.05, 0) is 0 Å². The summed E-state index contributed by atoms with van der Waals surface area (Å²) in [5.41, 5.74) is 0. The fraction of sp³-hybridized carbons (Fsp3) is 0.167. The molecule has 0 bridgehead atoms. The van der Waals surface area contributed by atoms with Crippen molar-refractivity contribution in [1.29, 1.82) is 0 Å². The molecule has 0 aliphatic heterocycles. The summed E-state index contributed by atoms with van der Waals surface area (Å²) in [5, 5.41) is 0. The summed E-state index contributed by atoms with van der Waals surface area (Å²) in [5.74, 6) is 0.873. The van der Waals surface area contributed by atoms with E-state index >= 15 is 0 Å². The maximum absolute atomic E-state index is 4.85. The van der Waals surface area contributed by atoms with Crippen LogP contribution in [0.2, 0.25) is 0 Å². The Balaban J connectivity index is 2.77. The molecular weight excluding hydrogens is 118 g/mol. The molecule has 1 aromatic rings. The smallest absolute Gasteiger partial charge is 0.261 e. The van der Waals surface area contributed by atoms with E-state index in [0.29, 0.717) is 11.6 Å². The van der Waals surface area contributed by atoms with Gasteiger partial charge >= 0.3 is 0 Å². The van der Waals surface area contributed by atoms with Gasteiger partial charge in [-0.1, -0.05) is 6.58 Å². The first kappa shape index (κ1) is 5.88. The molecule has 0 atom stereocenters. The van der Waals surface area contributed by atoms with Crippen LogP contribution in [0.3, 0.4) is 0 Å². The largest absolute Gasteiger partial charge is 0.492 e. The number of nitrogens with zero attached hydrogens (tertiary/aromatic N) is 1. The molecule has 0 unspecified atom stereocenters. The van der Waals surface area contributed by atoms with Gasteiger partial charge in [0, 0.05) is 0 Å². The van der Waals surface area contributed by atoms with Crippen LogP contribution in [0.1, 0.15) is 5.89 Å². The van der Waals surface area contributed by atoms with Crippen molar-refractivity contribution in [2.45, 2.75) is 0 Å². The quantitative estimate of drug-likeness (QED) is 0.558. The van der Waals surface area contributed by atoms with Crippen LogP contribution in [0, 0.1) is 0 Å². The summed E-state index contributed by atoms with van der Waals surface area (Å²) in [6, 6.07) is 0. The maximum atomic E-state index is 4.85. The third-order valence-electron chi connectivity index (χ3n) is 0.917. The van der Waals surface area contributed by atoms with Crippen LogP contribution >= 0.6 is 0 Å². The van der Waals surface area contributed by atoms with Gasteiger partial charge in [0.1, 0.15) is 6.26 Å². The topological polar surface area (TPSA) is 35.3 Å². The van der Waals surface area contributed by atoms with Gasteiger partial charge in [0.05, 0.1) is 13.3 Å². The summed E-state index contributed by atoms with van der Waals surface area (Å²) in [7, 11) is 1.52. The molecule has 3 heteroatoms. The number of oxazole rings is 1. The standard InChI is InChI=1S/C6H7NO2/c1-5(8-2)6-7-3-4-9-6/h3-4H,1H2,2H3. The van der Waals surface area contributed by atoms with E-state index in [0.717, 1.165) is 0 Å². The Morgan fingerprint density at radius 2 is 2.67 bits per heavy atom. The van der Waals surface area contributed by atoms with Crippen LogP contribution in [-0.2, 0) is 4.74 Å². The van der Waals surface area contributed by atoms with E-state index in [-0.39, 0.29) is 0 Å². The van der Waals surface area contributed by atoms with E-state index in [1.807, 2.05) is 0 Å². The number of ether oxygens (including phenoxy) is 1. The first-order chi connectivity index (χ1) is 4.34. The highest BCUT2D eigenvalue weighted by Crippen LogP contribution is 2.07. The second-order valence-corrected chi connectivity index (χ2v) is 1.46. The molecule has 1 heterocycles. The van der Waals surface area contributed by atoms with Crippen LogP contribution in [-0.4, -0.2) is 12.1 Å². The summed E-state index contributed by atoms with van der Waals surface area (Å²) < 4.78 is 9.59. The Morgan fingerprint density at radius 3 is 3.11 bits per heavy atom. The molecule has 1 rings (SSSR count). The van der Waals surface area contributed by atoms with Gasteiger partial charge in [0.2, 0.25) is 0 Å². The molecule has 9 heavy (non-hydrogen) atoms. The highest BCUT2D eigenvalue weighted by atomic mass is 16.5. The Labute approximate surface area is 53.0 Å². The Kier molecular flexibility index (Phi) is 1.53. The zero-order valence-corrected chi connectivity index (χ0v) is 5.13. The number of hydrogen-bond donors (Lipinski definition) is 0. The zero-order valence-electron chi connectivity index (χ0n) is 5.13. The monoisotopic (exact) mass is 125 g/mol. The zero-order chi connectivity index (χ0) is 6.69. The third kappa shape index (κ3) is 1.10. The van der Waals surface area contributed by atoms with Gasteiger partial charge in [0.25, 0.3) is 5.89 Å². The van der Waals surface area contributed by atoms with E-state index in [9.17, 15) is 0 Å². The van der Waals surface area contributed by atoms with E-state index in [4.69, 9.17) is 9.15 Å². The predicted octanol–water partition coefficient (Wildman–Crippen LogP) is 1.29. The summed E-state index contributed by atoms with van der Waals surface area (Å²) >= 11 is 0. The number of aromatic nitrogens is 1. The first-order valence-electron chi connectivity index (χ1n) is 2.47. The van der Waals surface area contributed by atoms with Gasteiger partial charge < -0.3 is 9.15 Å². The molecule has 0 aliphatic rings. The van der Waals surface area contributed by atoms with Crippen molar-refractivity contribution in [3.8, 4) is 0 Å². The fourth-order valence-corrected chi connectivity index (χ4v) is 0.448. The van der Waals surface area contributed by atoms with Crippen LogP contribution < -0.4 is 0 Å². The highest BCUT2D eigenvalue weighted by molar-refractivity contribution is 5.46. The molecule has 48 valence electrons. The van der Waals surface area contributed by atoms with Crippen molar-refractivity contribution in [2.75, 3.05) is 7.11 Å². The fourth-order valence-electron chi connectivity index (χ4n) is 0.448.